The van der Waals surface area contributed by atoms with Crippen molar-refractivity contribution in [3.05, 3.63) is 36.5 Å². The van der Waals surface area contributed by atoms with Gasteiger partial charge in [-0.05, 0) is 26.0 Å². The molecule has 0 aliphatic rings. The highest BCUT2D eigenvalue weighted by molar-refractivity contribution is 6.01. The van der Waals surface area contributed by atoms with Gasteiger partial charge in [-0.3, -0.25) is 14.6 Å². The van der Waals surface area contributed by atoms with E-state index in [-0.39, 0.29) is 24.3 Å². The Labute approximate surface area is 130 Å². The molecule has 1 heterocycles. The molecule has 0 fully saturated rings. The van der Waals surface area contributed by atoms with Gasteiger partial charge in [0.2, 0.25) is 11.8 Å². The lowest BCUT2D eigenvalue weighted by molar-refractivity contribution is -0.121. The van der Waals surface area contributed by atoms with Crippen molar-refractivity contribution in [2.75, 3.05) is 11.4 Å². The van der Waals surface area contributed by atoms with E-state index in [1.807, 2.05) is 44.2 Å². The molecule has 22 heavy (non-hydrogen) atoms. The van der Waals surface area contributed by atoms with Gasteiger partial charge in [-0.15, -0.1) is 0 Å². The molecule has 2 aromatic rings. The summed E-state index contributed by atoms with van der Waals surface area (Å²) in [6, 6.07) is 9.61. The summed E-state index contributed by atoms with van der Waals surface area (Å²) < 4.78 is 0. The quantitative estimate of drug-likeness (QED) is 0.922. The van der Waals surface area contributed by atoms with Crippen LogP contribution in [0.3, 0.4) is 0 Å². The first-order valence-electron chi connectivity index (χ1n) is 7.40. The van der Waals surface area contributed by atoms with Gasteiger partial charge in [-0.1, -0.05) is 18.2 Å². The molecule has 0 unspecified atom stereocenters. The van der Waals surface area contributed by atoms with E-state index in [2.05, 4.69) is 10.3 Å². The van der Waals surface area contributed by atoms with Crippen molar-refractivity contribution >= 4 is 28.4 Å². The number of carbonyl (C=O) groups is 2. The molecule has 116 valence electrons. The average molecular weight is 299 g/mol. The highest BCUT2D eigenvalue weighted by Crippen LogP contribution is 2.25. The molecule has 0 saturated carbocycles. The zero-order valence-electron chi connectivity index (χ0n) is 13.2. The number of nitrogens with one attached hydrogen (secondary N) is 1. The number of para-hydroxylation sites is 1. The van der Waals surface area contributed by atoms with Gasteiger partial charge in [0.25, 0.3) is 0 Å². The van der Waals surface area contributed by atoms with Gasteiger partial charge in [0.05, 0.1) is 11.2 Å². The van der Waals surface area contributed by atoms with E-state index >= 15 is 0 Å². The topological polar surface area (TPSA) is 62.3 Å². The minimum absolute atomic E-state index is 0.0607. The second-order valence-electron chi connectivity index (χ2n) is 5.50. The van der Waals surface area contributed by atoms with Crippen molar-refractivity contribution in [2.45, 2.75) is 33.2 Å². The van der Waals surface area contributed by atoms with Crippen LogP contribution >= 0.6 is 0 Å². The van der Waals surface area contributed by atoms with Crippen molar-refractivity contribution in [3.8, 4) is 0 Å². The Morgan fingerprint density at radius 2 is 1.95 bits per heavy atom. The number of nitrogens with zero attached hydrogens (tertiary/aromatic N) is 2. The summed E-state index contributed by atoms with van der Waals surface area (Å²) >= 11 is 0. The minimum Gasteiger partial charge on any atom is -0.354 e. The number of carbonyl (C=O) groups excluding carboxylic acids is 2. The molecule has 5 nitrogen and oxygen atoms in total. The van der Waals surface area contributed by atoms with Gasteiger partial charge < -0.3 is 10.2 Å². The largest absolute Gasteiger partial charge is 0.354 e. The highest BCUT2D eigenvalue weighted by Gasteiger charge is 2.16. The van der Waals surface area contributed by atoms with E-state index in [9.17, 15) is 9.59 Å². The van der Waals surface area contributed by atoms with Gasteiger partial charge >= 0.3 is 0 Å². The Kier molecular flexibility index (Phi) is 5.09. The number of rotatable bonds is 5. The fourth-order valence-corrected chi connectivity index (χ4v) is 2.36. The fraction of sp³-hybridized carbons (Fsp3) is 0.353. The molecule has 2 rings (SSSR count). The van der Waals surface area contributed by atoms with E-state index in [1.165, 1.54) is 6.92 Å². The molecule has 0 bridgehead atoms. The van der Waals surface area contributed by atoms with E-state index in [1.54, 1.807) is 11.1 Å². The lowest BCUT2D eigenvalue weighted by Gasteiger charge is -2.22. The number of benzene rings is 1. The minimum atomic E-state index is -0.101. The molecular formula is C17H21N3O2. The third-order valence-electron chi connectivity index (χ3n) is 3.29. The maximum absolute atomic E-state index is 12.0. The van der Waals surface area contributed by atoms with Crippen LogP contribution in [0.5, 0.6) is 0 Å². The fourth-order valence-electron chi connectivity index (χ4n) is 2.36. The van der Waals surface area contributed by atoms with Gasteiger partial charge in [0.1, 0.15) is 0 Å². The zero-order valence-corrected chi connectivity index (χ0v) is 13.2. The molecule has 5 heteroatoms. The van der Waals surface area contributed by atoms with E-state index in [0.717, 1.165) is 16.6 Å². The molecule has 0 spiro atoms. The summed E-state index contributed by atoms with van der Waals surface area (Å²) in [4.78, 5) is 29.8. The summed E-state index contributed by atoms with van der Waals surface area (Å²) in [7, 11) is 0. The monoisotopic (exact) mass is 299 g/mol. The summed E-state index contributed by atoms with van der Waals surface area (Å²) in [5.74, 6) is -0.162. The summed E-state index contributed by atoms with van der Waals surface area (Å²) in [5, 5.41) is 3.80. The first kappa shape index (κ1) is 15.9. The molecule has 2 amide bonds. The van der Waals surface area contributed by atoms with Gasteiger partial charge in [0, 0.05) is 37.5 Å². The lowest BCUT2D eigenvalue weighted by Crippen LogP contribution is -2.36. The summed E-state index contributed by atoms with van der Waals surface area (Å²) in [6.45, 7) is 5.66. The Bertz CT molecular complexity index is 677. The Balaban J connectivity index is 2.24. The van der Waals surface area contributed by atoms with Crippen molar-refractivity contribution in [1.82, 2.24) is 10.3 Å². The predicted molar refractivity (Wildman–Crippen MR) is 87.7 cm³/mol. The van der Waals surface area contributed by atoms with Crippen LogP contribution in [0.2, 0.25) is 0 Å². The molecule has 1 aromatic heterocycles. The third kappa shape index (κ3) is 3.81. The predicted octanol–water partition coefficient (Wildman–Crippen LogP) is 2.50. The SMILES string of the molecule is CC(=O)N(CCC(=O)NC(C)C)c1cccc2cccnc12. The standard InChI is InChI=1S/C17H21N3O2/c1-12(2)19-16(22)9-11-20(13(3)21)15-8-4-6-14-7-5-10-18-17(14)15/h4-8,10,12H,9,11H2,1-3H3,(H,19,22). The Morgan fingerprint density at radius 1 is 1.23 bits per heavy atom. The summed E-state index contributed by atoms with van der Waals surface area (Å²) in [6.07, 6.45) is 1.97. The second-order valence-corrected chi connectivity index (χ2v) is 5.50. The van der Waals surface area contributed by atoms with Crippen LogP contribution in [-0.4, -0.2) is 29.4 Å². The van der Waals surface area contributed by atoms with Gasteiger partial charge in [-0.2, -0.15) is 0 Å². The molecule has 0 radical (unpaired) electrons. The second kappa shape index (κ2) is 7.02. The number of pyridine rings is 1. The van der Waals surface area contributed by atoms with Crippen molar-refractivity contribution < 1.29 is 9.59 Å². The van der Waals surface area contributed by atoms with Crippen LogP contribution < -0.4 is 10.2 Å². The van der Waals surface area contributed by atoms with Gasteiger partial charge in [-0.25, -0.2) is 0 Å². The Morgan fingerprint density at radius 3 is 2.64 bits per heavy atom. The first-order chi connectivity index (χ1) is 10.5. The van der Waals surface area contributed by atoms with Crippen molar-refractivity contribution in [3.63, 3.8) is 0 Å². The van der Waals surface area contributed by atoms with Crippen LogP contribution in [-0.2, 0) is 9.59 Å². The molecule has 0 aliphatic carbocycles. The zero-order chi connectivity index (χ0) is 16.1. The van der Waals surface area contributed by atoms with E-state index < -0.39 is 0 Å². The number of fused-ring (bicyclic) bond motifs is 1. The Hall–Kier alpha value is -2.43. The van der Waals surface area contributed by atoms with E-state index in [4.69, 9.17) is 0 Å². The third-order valence-corrected chi connectivity index (χ3v) is 3.29. The maximum atomic E-state index is 12.0. The number of hydrogen-bond donors (Lipinski definition) is 1. The molecule has 0 saturated heterocycles. The van der Waals surface area contributed by atoms with Gasteiger partial charge in [0.15, 0.2) is 0 Å². The summed E-state index contributed by atoms with van der Waals surface area (Å²) in [5.41, 5.74) is 1.51. The maximum Gasteiger partial charge on any atom is 0.223 e. The average Bonchev–Trinajstić information content (AvgIpc) is 2.46. The number of hydrogen-bond acceptors (Lipinski definition) is 3. The molecule has 1 N–H and O–H groups in total. The van der Waals surface area contributed by atoms with Crippen LogP contribution in [0, 0.1) is 0 Å². The van der Waals surface area contributed by atoms with Crippen LogP contribution in [0.25, 0.3) is 10.9 Å². The van der Waals surface area contributed by atoms with E-state index in [0.29, 0.717) is 6.54 Å². The molecule has 1 aromatic carbocycles. The molecular weight excluding hydrogens is 278 g/mol. The molecule has 0 aliphatic heterocycles. The number of aromatic nitrogens is 1. The molecule has 0 atom stereocenters. The smallest absolute Gasteiger partial charge is 0.223 e. The van der Waals surface area contributed by atoms with Crippen molar-refractivity contribution in [1.29, 1.82) is 0 Å². The first-order valence-corrected chi connectivity index (χ1v) is 7.40. The number of amides is 2. The normalized spacial score (nSPS) is 10.7. The van der Waals surface area contributed by atoms with Crippen LogP contribution in [0.1, 0.15) is 27.2 Å². The van der Waals surface area contributed by atoms with Crippen LogP contribution in [0.15, 0.2) is 36.5 Å². The van der Waals surface area contributed by atoms with Crippen molar-refractivity contribution in [2.24, 2.45) is 0 Å². The lowest BCUT2D eigenvalue weighted by atomic mass is 10.1. The highest BCUT2D eigenvalue weighted by atomic mass is 16.2. The van der Waals surface area contributed by atoms with Crippen LogP contribution in [0.4, 0.5) is 5.69 Å². The number of anilines is 1.